The first kappa shape index (κ1) is 18.7. The second-order valence-electron chi connectivity index (χ2n) is 6.21. The molecule has 1 N–H and O–H groups in total. The van der Waals surface area contributed by atoms with Crippen LogP contribution in [0, 0.1) is 11.3 Å². The Kier molecular flexibility index (Phi) is 5.50. The largest absolute Gasteiger partial charge is 0.467 e. The number of amides is 1. The lowest BCUT2D eigenvalue weighted by atomic mass is 10.1. The third-order valence-corrected chi connectivity index (χ3v) is 5.32. The summed E-state index contributed by atoms with van der Waals surface area (Å²) in [7, 11) is 0. The Labute approximate surface area is 172 Å². The minimum Gasteiger partial charge on any atom is -0.467 e. The summed E-state index contributed by atoms with van der Waals surface area (Å²) < 4.78 is 5.25. The lowest BCUT2D eigenvalue weighted by molar-refractivity contribution is -0.117. The summed E-state index contributed by atoms with van der Waals surface area (Å²) in [6, 6.07) is 25.2. The summed E-state index contributed by atoms with van der Waals surface area (Å²) in [5.74, 6) is 0.192. The van der Waals surface area contributed by atoms with Crippen LogP contribution < -0.4 is 10.2 Å². The summed E-state index contributed by atoms with van der Waals surface area (Å²) >= 11 is 1.37. The molecule has 0 spiro atoms. The average Bonchev–Trinajstić information content (AvgIpc) is 3.44. The van der Waals surface area contributed by atoms with Gasteiger partial charge in [0.25, 0.3) is 5.91 Å². The minimum atomic E-state index is -0.435. The van der Waals surface area contributed by atoms with Gasteiger partial charge in [-0.25, -0.2) is 0 Å². The highest BCUT2D eigenvalue weighted by Crippen LogP contribution is 2.44. The lowest BCUT2D eigenvalue weighted by Gasteiger charge is -2.24. The Morgan fingerprint density at radius 2 is 1.76 bits per heavy atom. The van der Waals surface area contributed by atoms with Crippen molar-refractivity contribution in [1.29, 1.82) is 5.26 Å². The zero-order valence-electron chi connectivity index (χ0n) is 15.4. The van der Waals surface area contributed by atoms with Gasteiger partial charge in [0.2, 0.25) is 0 Å². The molecule has 0 fully saturated rings. The van der Waals surface area contributed by atoms with Gasteiger partial charge in [-0.15, -0.1) is 0 Å². The van der Waals surface area contributed by atoms with E-state index in [1.807, 2.05) is 71.0 Å². The number of para-hydroxylation sites is 1. The SMILES string of the molecule is N#CC(C(=O)NCc1ccco1)=C1SC=C(c2ccccc2)N1c1ccccc1. The van der Waals surface area contributed by atoms with E-state index in [1.54, 1.807) is 18.4 Å². The summed E-state index contributed by atoms with van der Waals surface area (Å²) in [4.78, 5) is 14.7. The van der Waals surface area contributed by atoms with E-state index in [0.29, 0.717) is 10.8 Å². The number of hydrogen-bond acceptors (Lipinski definition) is 5. The molecule has 0 radical (unpaired) electrons. The van der Waals surface area contributed by atoms with E-state index in [2.05, 4.69) is 11.4 Å². The van der Waals surface area contributed by atoms with Crippen molar-refractivity contribution >= 4 is 29.1 Å². The number of nitriles is 1. The second-order valence-corrected chi connectivity index (χ2v) is 7.07. The fourth-order valence-electron chi connectivity index (χ4n) is 3.00. The number of furan rings is 1. The van der Waals surface area contributed by atoms with Crippen molar-refractivity contribution in [3.05, 3.63) is 106 Å². The number of carbonyl (C=O) groups is 1. The van der Waals surface area contributed by atoms with Gasteiger partial charge < -0.3 is 14.6 Å². The Bertz CT molecular complexity index is 1100. The smallest absolute Gasteiger partial charge is 0.265 e. The normalized spacial score (nSPS) is 14.9. The Morgan fingerprint density at radius 3 is 2.41 bits per heavy atom. The first-order valence-corrected chi connectivity index (χ1v) is 9.88. The molecule has 0 bridgehead atoms. The van der Waals surface area contributed by atoms with Crippen LogP contribution in [-0.4, -0.2) is 5.91 Å². The predicted octanol–water partition coefficient (Wildman–Crippen LogP) is 4.88. The predicted molar refractivity (Wildman–Crippen MR) is 114 cm³/mol. The first-order valence-electron chi connectivity index (χ1n) is 9.00. The van der Waals surface area contributed by atoms with Crippen LogP contribution in [0.5, 0.6) is 0 Å². The number of carbonyl (C=O) groups excluding carboxylic acids is 1. The van der Waals surface area contributed by atoms with Gasteiger partial charge in [-0.1, -0.05) is 60.3 Å². The van der Waals surface area contributed by atoms with Gasteiger partial charge in [-0.3, -0.25) is 4.79 Å². The molecule has 1 aliphatic rings. The molecule has 1 aliphatic heterocycles. The highest BCUT2D eigenvalue weighted by Gasteiger charge is 2.29. The van der Waals surface area contributed by atoms with E-state index in [-0.39, 0.29) is 12.1 Å². The molecular formula is C23H17N3O2S. The zero-order valence-corrected chi connectivity index (χ0v) is 16.2. The topological polar surface area (TPSA) is 69.3 Å². The third kappa shape index (κ3) is 3.96. The summed E-state index contributed by atoms with van der Waals surface area (Å²) in [6.45, 7) is 0.221. The molecular weight excluding hydrogens is 382 g/mol. The van der Waals surface area contributed by atoms with E-state index >= 15 is 0 Å². The average molecular weight is 399 g/mol. The molecule has 0 saturated heterocycles. The molecule has 1 amide bonds. The van der Waals surface area contributed by atoms with Crippen LogP contribution in [0.4, 0.5) is 5.69 Å². The van der Waals surface area contributed by atoms with Crippen LogP contribution in [0.15, 0.2) is 99.5 Å². The van der Waals surface area contributed by atoms with Crippen molar-refractivity contribution in [3.8, 4) is 6.07 Å². The van der Waals surface area contributed by atoms with Gasteiger partial charge >= 0.3 is 0 Å². The maximum absolute atomic E-state index is 12.8. The quantitative estimate of drug-likeness (QED) is 0.489. The first-order chi connectivity index (χ1) is 14.3. The Balaban J connectivity index is 1.70. The fourth-order valence-corrected chi connectivity index (χ4v) is 4.03. The van der Waals surface area contributed by atoms with Crippen molar-refractivity contribution in [2.24, 2.45) is 0 Å². The number of nitrogens with zero attached hydrogens (tertiary/aromatic N) is 2. The molecule has 29 heavy (non-hydrogen) atoms. The highest BCUT2D eigenvalue weighted by atomic mass is 32.2. The van der Waals surface area contributed by atoms with Crippen molar-refractivity contribution in [1.82, 2.24) is 5.32 Å². The number of rotatable bonds is 5. The molecule has 3 aromatic rings. The van der Waals surface area contributed by atoms with Crippen molar-refractivity contribution in [2.75, 3.05) is 4.90 Å². The standard InChI is InChI=1S/C23H17N3O2S/c24-14-20(22(27)25-15-19-12-7-13-28-19)23-26(18-10-5-2-6-11-18)21(16-29-23)17-8-3-1-4-9-17/h1-13,16H,15H2,(H,25,27). The number of thioether (sulfide) groups is 1. The van der Waals surface area contributed by atoms with Gasteiger partial charge in [-0.2, -0.15) is 5.26 Å². The number of nitrogens with one attached hydrogen (secondary N) is 1. The highest BCUT2D eigenvalue weighted by molar-refractivity contribution is 8.06. The maximum Gasteiger partial charge on any atom is 0.265 e. The van der Waals surface area contributed by atoms with Crippen molar-refractivity contribution in [3.63, 3.8) is 0 Å². The summed E-state index contributed by atoms with van der Waals surface area (Å²) in [5.41, 5.74) is 2.87. The molecule has 2 heterocycles. The van der Waals surface area contributed by atoms with E-state index < -0.39 is 5.91 Å². The third-order valence-electron chi connectivity index (χ3n) is 4.37. The number of anilines is 1. The van der Waals surface area contributed by atoms with Crippen LogP contribution in [0.25, 0.3) is 5.70 Å². The number of hydrogen-bond donors (Lipinski definition) is 1. The molecule has 0 saturated carbocycles. The van der Waals surface area contributed by atoms with Gasteiger partial charge in [-0.05, 0) is 29.8 Å². The molecule has 0 aliphatic carbocycles. The second kappa shape index (κ2) is 8.55. The fraction of sp³-hybridized carbons (Fsp3) is 0.0435. The van der Waals surface area contributed by atoms with Crippen LogP contribution in [-0.2, 0) is 11.3 Å². The molecule has 6 heteroatoms. The zero-order chi connectivity index (χ0) is 20.1. The molecule has 4 rings (SSSR count). The maximum atomic E-state index is 12.8. The molecule has 0 unspecified atom stereocenters. The van der Waals surface area contributed by atoms with Gasteiger partial charge in [0.1, 0.15) is 22.4 Å². The van der Waals surface area contributed by atoms with Gasteiger partial charge in [0.15, 0.2) is 0 Å². The molecule has 2 aromatic carbocycles. The van der Waals surface area contributed by atoms with E-state index in [0.717, 1.165) is 16.9 Å². The lowest BCUT2D eigenvalue weighted by Crippen LogP contribution is -2.27. The van der Waals surface area contributed by atoms with E-state index in [1.165, 1.54) is 11.8 Å². The van der Waals surface area contributed by atoms with Gasteiger partial charge in [0.05, 0.1) is 18.5 Å². The molecule has 5 nitrogen and oxygen atoms in total. The van der Waals surface area contributed by atoms with Crippen molar-refractivity contribution < 1.29 is 9.21 Å². The molecule has 142 valence electrons. The minimum absolute atomic E-state index is 0.0626. The Hall–Kier alpha value is -3.69. The van der Waals surface area contributed by atoms with E-state index in [9.17, 15) is 10.1 Å². The summed E-state index contributed by atoms with van der Waals surface area (Å²) in [6.07, 6.45) is 1.55. The molecule has 0 atom stereocenters. The van der Waals surface area contributed by atoms with Crippen molar-refractivity contribution in [2.45, 2.75) is 6.54 Å². The molecule has 1 aromatic heterocycles. The van der Waals surface area contributed by atoms with Crippen LogP contribution in [0.1, 0.15) is 11.3 Å². The van der Waals surface area contributed by atoms with Crippen LogP contribution in [0.2, 0.25) is 0 Å². The monoisotopic (exact) mass is 399 g/mol. The van der Waals surface area contributed by atoms with E-state index in [4.69, 9.17) is 4.42 Å². The van der Waals surface area contributed by atoms with Crippen LogP contribution in [0.3, 0.4) is 0 Å². The van der Waals surface area contributed by atoms with Crippen LogP contribution >= 0.6 is 11.8 Å². The Morgan fingerprint density at radius 1 is 1.03 bits per heavy atom. The van der Waals surface area contributed by atoms with Gasteiger partial charge in [0, 0.05) is 11.1 Å². The summed E-state index contributed by atoms with van der Waals surface area (Å²) in [5, 5.41) is 15.1. The number of benzene rings is 2.